The molecule has 6 nitrogen and oxygen atoms in total. The van der Waals surface area contributed by atoms with Crippen molar-refractivity contribution in [2.24, 2.45) is 0 Å². The van der Waals surface area contributed by atoms with Crippen LogP contribution in [-0.2, 0) is 11.3 Å². The second kappa shape index (κ2) is 7.06. The van der Waals surface area contributed by atoms with Crippen LogP contribution in [0.1, 0.15) is 19.4 Å². The average Bonchev–Trinajstić information content (AvgIpc) is 2.38. The summed E-state index contributed by atoms with van der Waals surface area (Å²) < 4.78 is 5.06. The van der Waals surface area contributed by atoms with Gasteiger partial charge in [0.05, 0.1) is 23.7 Å². The normalized spacial score (nSPS) is 10.8. The van der Waals surface area contributed by atoms with Gasteiger partial charge in [0.15, 0.2) is 0 Å². The van der Waals surface area contributed by atoms with E-state index in [0.717, 1.165) is 5.69 Å². The molecule has 0 aromatic heterocycles. The molecule has 0 saturated heterocycles. The maximum Gasteiger partial charge on any atom is 0.275 e. The number of aliphatic hydroxyl groups excluding tert-OH is 1. The SMILES string of the molecule is COCCN(c1ccc([N+](=O)[O-])c(CO)c1)C(C)C. The first-order chi connectivity index (χ1) is 9.01. The summed E-state index contributed by atoms with van der Waals surface area (Å²) in [5.74, 6) is 0. The molecule has 0 aliphatic rings. The minimum absolute atomic E-state index is 0.0540. The molecule has 0 radical (unpaired) electrons. The van der Waals surface area contributed by atoms with E-state index in [4.69, 9.17) is 4.74 Å². The maximum atomic E-state index is 10.8. The van der Waals surface area contributed by atoms with Crippen LogP contribution in [0.5, 0.6) is 0 Å². The van der Waals surface area contributed by atoms with E-state index in [0.29, 0.717) is 18.7 Å². The van der Waals surface area contributed by atoms with E-state index in [-0.39, 0.29) is 18.3 Å². The Balaban J connectivity index is 3.07. The third kappa shape index (κ3) is 3.90. The smallest absolute Gasteiger partial charge is 0.275 e. The zero-order valence-corrected chi connectivity index (χ0v) is 11.5. The minimum atomic E-state index is -0.482. The predicted octanol–water partition coefficient (Wildman–Crippen LogP) is 1.95. The van der Waals surface area contributed by atoms with Crippen molar-refractivity contribution in [2.75, 3.05) is 25.2 Å². The van der Waals surface area contributed by atoms with Gasteiger partial charge in [-0.2, -0.15) is 0 Å². The molecule has 0 fully saturated rings. The van der Waals surface area contributed by atoms with Gasteiger partial charge in [0.2, 0.25) is 0 Å². The zero-order valence-electron chi connectivity index (χ0n) is 11.5. The Bertz CT molecular complexity index is 435. The fourth-order valence-electron chi connectivity index (χ4n) is 1.93. The summed E-state index contributed by atoms with van der Waals surface area (Å²) in [4.78, 5) is 12.4. The van der Waals surface area contributed by atoms with Crippen molar-refractivity contribution in [3.63, 3.8) is 0 Å². The quantitative estimate of drug-likeness (QED) is 0.604. The second-order valence-corrected chi connectivity index (χ2v) is 4.51. The van der Waals surface area contributed by atoms with Crippen LogP contribution in [-0.4, -0.2) is 36.3 Å². The molecule has 0 spiro atoms. The number of nitro groups is 1. The van der Waals surface area contributed by atoms with Gasteiger partial charge < -0.3 is 14.7 Å². The summed E-state index contributed by atoms with van der Waals surface area (Å²) in [5.41, 5.74) is 1.12. The molecule has 19 heavy (non-hydrogen) atoms. The van der Waals surface area contributed by atoms with Crippen molar-refractivity contribution in [3.05, 3.63) is 33.9 Å². The van der Waals surface area contributed by atoms with Crippen LogP contribution in [0.2, 0.25) is 0 Å². The first kappa shape index (κ1) is 15.4. The van der Waals surface area contributed by atoms with Crippen LogP contribution in [0.4, 0.5) is 11.4 Å². The van der Waals surface area contributed by atoms with Gasteiger partial charge in [-0.15, -0.1) is 0 Å². The van der Waals surface area contributed by atoms with Crippen molar-refractivity contribution < 1.29 is 14.8 Å². The molecule has 0 unspecified atom stereocenters. The first-order valence-corrected chi connectivity index (χ1v) is 6.15. The van der Waals surface area contributed by atoms with E-state index >= 15 is 0 Å². The highest BCUT2D eigenvalue weighted by atomic mass is 16.6. The van der Waals surface area contributed by atoms with Crippen LogP contribution in [0, 0.1) is 10.1 Å². The molecule has 1 rings (SSSR count). The van der Waals surface area contributed by atoms with E-state index < -0.39 is 4.92 Å². The van der Waals surface area contributed by atoms with Crippen molar-refractivity contribution >= 4 is 11.4 Å². The molecular formula is C13H20N2O4. The molecule has 0 heterocycles. The van der Waals surface area contributed by atoms with E-state index in [9.17, 15) is 15.2 Å². The summed E-state index contributed by atoms with van der Waals surface area (Å²) in [6, 6.07) is 5.03. The van der Waals surface area contributed by atoms with Crippen LogP contribution < -0.4 is 4.90 Å². The van der Waals surface area contributed by atoms with Crippen molar-refractivity contribution in [2.45, 2.75) is 26.5 Å². The highest BCUT2D eigenvalue weighted by Crippen LogP contribution is 2.26. The Morgan fingerprint density at radius 2 is 2.16 bits per heavy atom. The molecule has 0 atom stereocenters. The summed E-state index contributed by atoms with van der Waals surface area (Å²) >= 11 is 0. The maximum absolute atomic E-state index is 10.8. The van der Waals surface area contributed by atoms with Gasteiger partial charge in [-0.3, -0.25) is 10.1 Å². The van der Waals surface area contributed by atoms with Gasteiger partial charge in [-0.05, 0) is 26.0 Å². The average molecular weight is 268 g/mol. The summed E-state index contributed by atoms with van der Waals surface area (Å²) in [5, 5.41) is 20.1. The lowest BCUT2D eigenvalue weighted by atomic mass is 10.1. The van der Waals surface area contributed by atoms with E-state index in [1.165, 1.54) is 6.07 Å². The number of ether oxygens (including phenoxy) is 1. The molecular weight excluding hydrogens is 248 g/mol. The molecule has 106 valence electrons. The summed E-state index contributed by atoms with van der Waals surface area (Å²) in [7, 11) is 1.63. The molecule has 1 N–H and O–H groups in total. The molecule has 0 aliphatic heterocycles. The number of anilines is 1. The van der Waals surface area contributed by atoms with Gasteiger partial charge in [0.25, 0.3) is 5.69 Å². The summed E-state index contributed by atoms with van der Waals surface area (Å²) in [6.07, 6.45) is 0. The molecule has 1 aromatic carbocycles. The van der Waals surface area contributed by atoms with Crippen molar-refractivity contribution in [3.8, 4) is 0 Å². The lowest BCUT2D eigenvalue weighted by molar-refractivity contribution is -0.385. The Labute approximate surface area is 112 Å². The van der Waals surface area contributed by atoms with Crippen LogP contribution >= 0.6 is 0 Å². The molecule has 0 saturated carbocycles. The lowest BCUT2D eigenvalue weighted by Gasteiger charge is -2.29. The number of rotatable bonds is 7. The Morgan fingerprint density at radius 3 is 2.63 bits per heavy atom. The zero-order chi connectivity index (χ0) is 14.4. The standard InChI is InChI=1S/C13H20N2O4/c1-10(2)14(6-7-19-3)12-4-5-13(15(17)18)11(8-12)9-16/h4-5,8,10,16H,6-7,9H2,1-3H3. The number of hydrogen-bond donors (Lipinski definition) is 1. The lowest BCUT2D eigenvalue weighted by Crippen LogP contribution is -2.33. The number of methoxy groups -OCH3 is 1. The fraction of sp³-hybridized carbons (Fsp3) is 0.538. The van der Waals surface area contributed by atoms with Crippen LogP contribution in [0.15, 0.2) is 18.2 Å². The highest BCUT2D eigenvalue weighted by Gasteiger charge is 2.17. The van der Waals surface area contributed by atoms with E-state index in [2.05, 4.69) is 4.90 Å². The number of aliphatic hydroxyl groups is 1. The molecule has 0 aliphatic carbocycles. The highest BCUT2D eigenvalue weighted by molar-refractivity contribution is 5.56. The number of nitro benzene ring substituents is 1. The Morgan fingerprint density at radius 1 is 1.47 bits per heavy atom. The molecule has 0 bridgehead atoms. The number of nitrogens with zero attached hydrogens (tertiary/aromatic N) is 2. The monoisotopic (exact) mass is 268 g/mol. The van der Waals surface area contributed by atoms with Crippen molar-refractivity contribution in [1.82, 2.24) is 0 Å². The van der Waals surface area contributed by atoms with E-state index in [1.54, 1.807) is 19.2 Å². The van der Waals surface area contributed by atoms with Gasteiger partial charge in [-0.1, -0.05) is 0 Å². The molecule has 1 aromatic rings. The van der Waals surface area contributed by atoms with Crippen LogP contribution in [0.25, 0.3) is 0 Å². The van der Waals surface area contributed by atoms with Crippen LogP contribution in [0.3, 0.4) is 0 Å². The van der Waals surface area contributed by atoms with Gasteiger partial charge in [-0.25, -0.2) is 0 Å². The third-order valence-corrected chi connectivity index (χ3v) is 2.92. The van der Waals surface area contributed by atoms with Gasteiger partial charge in [0.1, 0.15) is 0 Å². The van der Waals surface area contributed by atoms with E-state index in [1.807, 2.05) is 13.8 Å². The number of hydrogen-bond acceptors (Lipinski definition) is 5. The Kier molecular flexibility index (Phi) is 5.72. The fourth-order valence-corrected chi connectivity index (χ4v) is 1.93. The molecule has 6 heteroatoms. The van der Waals surface area contributed by atoms with Gasteiger partial charge >= 0.3 is 0 Å². The largest absolute Gasteiger partial charge is 0.391 e. The third-order valence-electron chi connectivity index (χ3n) is 2.92. The Hall–Kier alpha value is -1.66. The number of benzene rings is 1. The van der Waals surface area contributed by atoms with Crippen molar-refractivity contribution in [1.29, 1.82) is 0 Å². The van der Waals surface area contributed by atoms with Gasteiger partial charge in [0, 0.05) is 31.5 Å². The predicted molar refractivity (Wildman–Crippen MR) is 73.4 cm³/mol. The first-order valence-electron chi connectivity index (χ1n) is 6.15. The minimum Gasteiger partial charge on any atom is -0.391 e. The summed E-state index contributed by atoms with van der Waals surface area (Å²) in [6.45, 7) is 4.99. The topological polar surface area (TPSA) is 75.8 Å². The second-order valence-electron chi connectivity index (χ2n) is 4.51. The molecule has 0 amide bonds.